The molecular weight excluding hydrogens is 350 g/mol. The van der Waals surface area contributed by atoms with Crippen molar-refractivity contribution in [3.63, 3.8) is 0 Å². The molecule has 1 N–H and O–H groups in total. The van der Waals surface area contributed by atoms with Crippen LogP contribution in [-0.4, -0.2) is 34.8 Å². The van der Waals surface area contributed by atoms with Crippen LogP contribution in [0.1, 0.15) is 43.4 Å². The van der Waals surface area contributed by atoms with Gasteiger partial charge >= 0.3 is 0 Å². The third-order valence-corrected chi connectivity index (χ3v) is 5.37. The van der Waals surface area contributed by atoms with Crippen LogP contribution in [0.5, 0.6) is 0 Å². The van der Waals surface area contributed by atoms with Crippen molar-refractivity contribution in [2.24, 2.45) is 5.92 Å². The van der Waals surface area contributed by atoms with E-state index in [0.717, 1.165) is 49.3 Å². The highest BCUT2D eigenvalue weighted by molar-refractivity contribution is 5.90. The molecule has 0 aliphatic carbocycles. The number of anilines is 1. The minimum Gasteiger partial charge on any atom is -0.343 e. The molecule has 0 saturated carbocycles. The van der Waals surface area contributed by atoms with Crippen LogP contribution in [0.25, 0.3) is 0 Å². The molecular formula is C23H29N3O2. The summed E-state index contributed by atoms with van der Waals surface area (Å²) < 4.78 is 0. The zero-order valence-corrected chi connectivity index (χ0v) is 16.6. The molecule has 1 aromatic carbocycles. The third-order valence-electron chi connectivity index (χ3n) is 5.37. The number of aryl methyl sites for hydroxylation is 2. The first-order chi connectivity index (χ1) is 13.6. The molecule has 3 rings (SSSR count). The van der Waals surface area contributed by atoms with E-state index in [1.165, 1.54) is 0 Å². The number of carbonyl (C=O) groups is 2. The second kappa shape index (κ2) is 10.0. The van der Waals surface area contributed by atoms with Crippen molar-refractivity contribution in [2.45, 2.75) is 45.4 Å². The normalized spacial score (nSPS) is 14.7. The van der Waals surface area contributed by atoms with E-state index in [4.69, 9.17) is 0 Å². The SMILES string of the molecule is Cc1cccc(NC(=O)CCC2CCN(C(=O)CCc3ccccn3)CC2)c1. The maximum Gasteiger partial charge on any atom is 0.224 e. The van der Waals surface area contributed by atoms with E-state index in [0.29, 0.717) is 25.2 Å². The van der Waals surface area contributed by atoms with E-state index in [-0.39, 0.29) is 11.8 Å². The second-order valence-electron chi connectivity index (χ2n) is 7.60. The second-order valence-corrected chi connectivity index (χ2v) is 7.60. The van der Waals surface area contributed by atoms with Crippen molar-refractivity contribution < 1.29 is 9.59 Å². The topological polar surface area (TPSA) is 62.3 Å². The number of carbonyl (C=O) groups excluding carboxylic acids is 2. The number of hydrogen-bond acceptors (Lipinski definition) is 3. The Kier molecular flexibility index (Phi) is 7.18. The number of rotatable bonds is 7. The number of benzene rings is 1. The molecule has 1 fully saturated rings. The number of nitrogens with zero attached hydrogens (tertiary/aromatic N) is 2. The van der Waals surface area contributed by atoms with E-state index in [9.17, 15) is 9.59 Å². The fourth-order valence-electron chi connectivity index (χ4n) is 3.69. The van der Waals surface area contributed by atoms with Gasteiger partial charge in [-0.25, -0.2) is 0 Å². The maximum atomic E-state index is 12.4. The minimum atomic E-state index is 0.0690. The maximum absolute atomic E-state index is 12.4. The van der Waals surface area contributed by atoms with E-state index < -0.39 is 0 Å². The zero-order chi connectivity index (χ0) is 19.8. The molecule has 2 heterocycles. The van der Waals surface area contributed by atoms with Crippen LogP contribution in [0.15, 0.2) is 48.7 Å². The van der Waals surface area contributed by atoms with E-state index in [1.54, 1.807) is 6.20 Å². The summed E-state index contributed by atoms with van der Waals surface area (Å²) in [4.78, 5) is 30.8. The number of aromatic nitrogens is 1. The molecule has 5 nitrogen and oxygen atoms in total. The van der Waals surface area contributed by atoms with Gasteiger partial charge in [-0.05, 0) is 68.4 Å². The molecule has 0 radical (unpaired) electrons. The van der Waals surface area contributed by atoms with Crippen LogP contribution >= 0.6 is 0 Å². The third kappa shape index (κ3) is 6.19. The predicted molar refractivity (Wildman–Crippen MR) is 111 cm³/mol. The summed E-state index contributed by atoms with van der Waals surface area (Å²) in [7, 11) is 0. The van der Waals surface area contributed by atoms with Gasteiger partial charge in [-0.15, -0.1) is 0 Å². The van der Waals surface area contributed by atoms with Crippen molar-refractivity contribution >= 4 is 17.5 Å². The van der Waals surface area contributed by atoms with Crippen molar-refractivity contribution in [3.05, 3.63) is 59.9 Å². The Balaban J connectivity index is 1.34. The lowest BCUT2D eigenvalue weighted by molar-refractivity contribution is -0.132. The van der Waals surface area contributed by atoms with Gasteiger partial charge in [-0.1, -0.05) is 18.2 Å². The van der Waals surface area contributed by atoms with Gasteiger partial charge < -0.3 is 10.2 Å². The van der Waals surface area contributed by atoms with Crippen molar-refractivity contribution in [3.8, 4) is 0 Å². The van der Waals surface area contributed by atoms with E-state index in [2.05, 4.69) is 10.3 Å². The molecule has 1 aliphatic heterocycles. The standard InChI is InChI=1S/C23H29N3O2/c1-18-5-4-7-21(17-18)25-22(27)10-8-19-12-15-26(16-13-19)23(28)11-9-20-6-2-3-14-24-20/h2-7,14,17,19H,8-13,15-16H2,1H3,(H,25,27). The Morgan fingerprint density at radius 3 is 2.64 bits per heavy atom. The highest BCUT2D eigenvalue weighted by Gasteiger charge is 2.23. The van der Waals surface area contributed by atoms with Crippen molar-refractivity contribution in [1.82, 2.24) is 9.88 Å². The number of piperidine rings is 1. The molecule has 1 saturated heterocycles. The first kappa shape index (κ1) is 20.1. The Hall–Kier alpha value is -2.69. The summed E-state index contributed by atoms with van der Waals surface area (Å²) in [6.45, 7) is 3.61. The summed E-state index contributed by atoms with van der Waals surface area (Å²) in [5.41, 5.74) is 2.96. The lowest BCUT2D eigenvalue weighted by atomic mass is 9.92. The fraction of sp³-hybridized carbons (Fsp3) is 0.435. The van der Waals surface area contributed by atoms with Gasteiger partial charge in [0.25, 0.3) is 0 Å². The van der Waals surface area contributed by atoms with Crippen LogP contribution in [0.4, 0.5) is 5.69 Å². The summed E-state index contributed by atoms with van der Waals surface area (Å²) in [6.07, 6.45) is 6.35. The lowest BCUT2D eigenvalue weighted by Gasteiger charge is -2.32. The minimum absolute atomic E-state index is 0.0690. The van der Waals surface area contributed by atoms with Crippen LogP contribution < -0.4 is 5.32 Å². The Morgan fingerprint density at radius 1 is 1.11 bits per heavy atom. The Bertz CT molecular complexity index is 783. The molecule has 28 heavy (non-hydrogen) atoms. The van der Waals surface area contributed by atoms with Crippen LogP contribution in [0.2, 0.25) is 0 Å². The van der Waals surface area contributed by atoms with Crippen LogP contribution in [0.3, 0.4) is 0 Å². The molecule has 2 aromatic rings. The van der Waals surface area contributed by atoms with Gasteiger partial charge in [0.2, 0.25) is 11.8 Å². The van der Waals surface area contributed by atoms with Gasteiger partial charge in [-0.2, -0.15) is 0 Å². The van der Waals surface area contributed by atoms with E-state index in [1.807, 2.05) is 54.3 Å². The average Bonchev–Trinajstić information content (AvgIpc) is 2.72. The molecule has 1 aliphatic rings. The highest BCUT2D eigenvalue weighted by Crippen LogP contribution is 2.23. The van der Waals surface area contributed by atoms with Crippen molar-refractivity contribution in [2.75, 3.05) is 18.4 Å². The zero-order valence-electron chi connectivity index (χ0n) is 16.6. The predicted octanol–water partition coefficient (Wildman–Crippen LogP) is 3.98. The number of pyridine rings is 1. The van der Waals surface area contributed by atoms with Crippen molar-refractivity contribution in [1.29, 1.82) is 0 Å². The van der Waals surface area contributed by atoms with Crippen LogP contribution in [-0.2, 0) is 16.0 Å². The first-order valence-electron chi connectivity index (χ1n) is 10.1. The monoisotopic (exact) mass is 379 g/mol. The summed E-state index contributed by atoms with van der Waals surface area (Å²) in [5.74, 6) is 0.795. The molecule has 0 atom stereocenters. The van der Waals surface area contributed by atoms with E-state index >= 15 is 0 Å². The molecule has 5 heteroatoms. The summed E-state index contributed by atoms with van der Waals surface area (Å²) in [5, 5.41) is 2.97. The molecule has 148 valence electrons. The number of nitrogens with one attached hydrogen (secondary N) is 1. The molecule has 0 spiro atoms. The molecule has 1 aromatic heterocycles. The fourth-order valence-corrected chi connectivity index (χ4v) is 3.69. The largest absolute Gasteiger partial charge is 0.343 e. The molecule has 0 unspecified atom stereocenters. The first-order valence-corrected chi connectivity index (χ1v) is 10.1. The van der Waals surface area contributed by atoms with Gasteiger partial charge in [-0.3, -0.25) is 14.6 Å². The highest BCUT2D eigenvalue weighted by atomic mass is 16.2. The summed E-state index contributed by atoms with van der Waals surface area (Å²) in [6, 6.07) is 13.7. The Labute approximate surface area is 167 Å². The molecule has 0 bridgehead atoms. The molecule has 2 amide bonds. The van der Waals surface area contributed by atoms with Gasteiger partial charge in [0.05, 0.1) is 0 Å². The van der Waals surface area contributed by atoms with Gasteiger partial charge in [0.15, 0.2) is 0 Å². The summed E-state index contributed by atoms with van der Waals surface area (Å²) >= 11 is 0. The smallest absolute Gasteiger partial charge is 0.224 e. The Morgan fingerprint density at radius 2 is 1.93 bits per heavy atom. The number of amides is 2. The van der Waals surface area contributed by atoms with Gasteiger partial charge in [0.1, 0.15) is 0 Å². The number of hydrogen-bond donors (Lipinski definition) is 1. The number of likely N-dealkylation sites (tertiary alicyclic amines) is 1. The average molecular weight is 380 g/mol. The quantitative estimate of drug-likeness (QED) is 0.791. The lowest BCUT2D eigenvalue weighted by Crippen LogP contribution is -2.38. The van der Waals surface area contributed by atoms with Crippen LogP contribution in [0, 0.1) is 12.8 Å². The van der Waals surface area contributed by atoms with Gasteiger partial charge in [0, 0.05) is 43.5 Å².